The van der Waals surface area contributed by atoms with Crippen LogP contribution in [0.15, 0.2) is 32.2 Å². The van der Waals surface area contributed by atoms with Crippen LogP contribution in [0.4, 0.5) is 5.00 Å². The van der Waals surface area contributed by atoms with Crippen molar-refractivity contribution in [2.45, 2.75) is 22.7 Å². The molecule has 2 atom stereocenters. The van der Waals surface area contributed by atoms with Crippen molar-refractivity contribution in [1.29, 1.82) is 0 Å². The first-order chi connectivity index (χ1) is 15.8. The number of β-lactam (4-membered cyclic amide) rings is 1. The monoisotopic (exact) mass is 526 g/mol. The number of thioether (sulfide) groups is 2. The fraction of sp³-hybridized carbons (Fsp3) is 0.333. The zero-order valence-corrected chi connectivity index (χ0v) is 20.6. The van der Waals surface area contributed by atoms with Gasteiger partial charge in [0, 0.05) is 22.4 Å². The molecule has 0 aromatic carbocycles. The second-order valence-corrected chi connectivity index (χ2v) is 11.3. The molecule has 33 heavy (non-hydrogen) atoms. The van der Waals surface area contributed by atoms with Crippen molar-refractivity contribution in [3.63, 3.8) is 0 Å². The Bertz CT molecular complexity index is 1170. The summed E-state index contributed by atoms with van der Waals surface area (Å²) in [5.74, 6) is -1.50. The summed E-state index contributed by atoms with van der Waals surface area (Å²) < 4.78 is 0.732. The average molecular weight is 527 g/mol. The topological polar surface area (TPSA) is 160 Å². The van der Waals surface area contributed by atoms with Gasteiger partial charge < -0.3 is 21.0 Å². The molecule has 4 N–H and O–H groups in total. The second kappa shape index (κ2) is 9.70. The third-order valence-electron chi connectivity index (χ3n) is 4.70. The van der Waals surface area contributed by atoms with E-state index in [4.69, 9.17) is 10.6 Å². The number of rotatable bonds is 8. The van der Waals surface area contributed by atoms with Crippen molar-refractivity contribution in [2.75, 3.05) is 24.3 Å². The number of nitrogens with one attached hydrogen (secondary N) is 1. The molecule has 2 aliphatic heterocycles. The maximum atomic E-state index is 12.9. The molecular formula is C18H18N6O5S4. The number of anilines is 1. The van der Waals surface area contributed by atoms with Crippen LogP contribution in [-0.2, 0) is 19.2 Å². The lowest BCUT2D eigenvalue weighted by Gasteiger charge is -2.49. The van der Waals surface area contributed by atoms with E-state index in [-0.39, 0.29) is 11.4 Å². The number of nitrogens with two attached hydrogens (primary N) is 1. The molecule has 0 bridgehead atoms. The molecule has 2 aromatic rings. The van der Waals surface area contributed by atoms with Gasteiger partial charge in [-0.2, -0.15) is 0 Å². The first-order valence-corrected chi connectivity index (χ1v) is 13.1. The minimum Gasteiger partial charge on any atom is -0.477 e. The molecule has 2 amide bonds. The third kappa shape index (κ3) is 4.71. The highest BCUT2D eigenvalue weighted by Crippen LogP contribution is 2.41. The van der Waals surface area contributed by atoms with Gasteiger partial charge in [0.2, 0.25) is 0 Å². The van der Waals surface area contributed by atoms with E-state index >= 15 is 0 Å². The van der Waals surface area contributed by atoms with Crippen LogP contribution in [0.2, 0.25) is 0 Å². The van der Waals surface area contributed by atoms with Crippen LogP contribution in [-0.4, -0.2) is 73.7 Å². The van der Waals surface area contributed by atoms with Gasteiger partial charge in [0.15, 0.2) is 10.1 Å². The Kier molecular flexibility index (Phi) is 6.92. The number of aliphatic carboxylic acids is 1. The first-order valence-electron chi connectivity index (χ1n) is 9.39. The lowest BCUT2D eigenvalue weighted by Crippen LogP contribution is -2.71. The summed E-state index contributed by atoms with van der Waals surface area (Å²) in [5.41, 5.74) is 6.77. The van der Waals surface area contributed by atoms with E-state index in [1.807, 2.05) is 6.92 Å². The van der Waals surface area contributed by atoms with Crippen LogP contribution in [0, 0.1) is 6.92 Å². The molecule has 2 aliphatic rings. The van der Waals surface area contributed by atoms with E-state index in [9.17, 15) is 19.5 Å². The number of nitrogen functional groups attached to an aromatic ring is 1. The molecule has 1 saturated heterocycles. The first kappa shape index (κ1) is 23.5. The third-order valence-corrected chi connectivity index (χ3v) is 8.86. The number of aryl methyl sites for hydroxylation is 1. The van der Waals surface area contributed by atoms with Crippen molar-refractivity contribution >= 4 is 74.7 Å². The zero-order chi connectivity index (χ0) is 23.7. The Morgan fingerprint density at radius 2 is 2.24 bits per heavy atom. The number of amides is 2. The average Bonchev–Trinajstić information content (AvgIpc) is 3.40. The summed E-state index contributed by atoms with van der Waals surface area (Å²) in [6.45, 7) is 1.84. The number of oxime groups is 1. The van der Waals surface area contributed by atoms with Gasteiger partial charge in [0.05, 0.1) is 5.00 Å². The number of carboxylic acid groups (broad SMARTS) is 1. The van der Waals surface area contributed by atoms with Crippen LogP contribution in [0.25, 0.3) is 0 Å². The predicted octanol–water partition coefficient (Wildman–Crippen LogP) is 1.37. The minimum atomic E-state index is -1.18. The van der Waals surface area contributed by atoms with Gasteiger partial charge in [0.1, 0.15) is 29.2 Å². The number of hydrogen-bond donors (Lipinski definition) is 3. The number of hydrogen-bond acceptors (Lipinski definition) is 12. The molecule has 0 saturated carbocycles. The van der Waals surface area contributed by atoms with E-state index in [1.165, 1.54) is 58.2 Å². The Hall–Kier alpha value is -2.62. The van der Waals surface area contributed by atoms with Crippen LogP contribution in [0.5, 0.6) is 0 Å². The van der Waals surface area contributed by atoms with Crippen molar-refractivity contribution in [1.82, 2.24) is 20.4 Å². The smallest absolute Gasteiger partial charge is 0.352 e. The molecule has 2 unspecified atom stereocenters. The van der Waals surface area contributed by atoms with Gasteiger partial charge in [-0.05, 0) is 18.6 Å². The van der Waals surface area contributed by atoms with E-state index in [1.54, 1.807) is 11.4 Å². The largest absolute Gasteiger partial charge is 0.477 e. The Labute approximate surface area is 204 Å². The summed E-state index contributed by atoms with van der Waals surface area (Å²) in [6, 6.07) is 0.705. The summed E-state index contributed by atoms with van der Waals surface area (Å²) in [4.78, 5) is 43.7. The van der Waals surface area contributed by atoms with E-state index in [0.717, 1.165) is 9.35 Å². The maximum Gasteiger partial charge on any atom is 0.352 e. The Morgan fingerprint density at radius 1 is 1.45 bits per heavy atom. The van der Waals surface area contributed by atoms with Crippen molar-refractivity contribution in [3.8, 4) is 0 Å². The van der Waals surface area contributed by atoms with Crippen LogP contribution >= 0.6 is 46.2 Å². The fourth-order valence-corrected chi connectivity index (χ4v) is 7.22. The minimum absolute atomic E-state index is 0.0176. The van der Waals surface area contributed by atoms with E-state index in [2.05, 4.69) is 20.7 Å². The number of carbonyl (C=O) groups is 3. The molecule has 0 spiro atoms. The molecule has 0 radical (unpaired) electrons. The molecule has 4 rings (SSSR count). The number of aromatic nitrogens is 2. The fourth-order valence-electron chi connectivity index (χ4n) is 3.28. The molecule has 11 nitrogen and oxygen atoms in total. The Balaban J connectivity index is 1.49. The van der Waals surface area contributed by atoms with Crippen LogP contribution < -0.4 is 11.1 Å². The number of thiophene rings is 1. The van der Waals surface area contributed by atoms with Crippen LogP contribution in [0.3, 0.4) is 0 Å². The number of fused-ring (bicyclic) bond motifs is 1. The van der Waals surface area contributed by atoms with Crippen molar-refractivity contribution < 1.29 is 24.3 Å². The van der Waals surface area contributed by atoms with Gasteiger partial charge in [0.25, 0.3) is 11.8 Å². The molecule has 4 heterocycles. The molecule has 0 aliphatic carbocycles. The number of nitrogens with zero attached hydrogens (tertiary/aromatic N) is 4. The molecule has 15 heteroatoms. The lowest BCUT2D eigenvalue weighted by molar-refractivity contribution is -0.150. The summed E-state index contributed by atoms with van der Waals surface area (Å²) in [7, 11) is 1.31. The summed E-state index contributed by atoms with van der Waals surface area (Å²) >= 11 is 5.44. The summed E-state index contributed by atoms with van der Waals surface area (Å²) in [5, 5.41) is 26.7. The lowest BCUT2D eigenvalue weighted by atomic mass is 10.0. The molecular weight excluding hydrogens is 509 g/mol. The molecule has 174 valence electrons. The van der Waals surface area contributed by atoms with Crippen LogP contribution in [0.1, 0.15) is 10.6 Å². The molecule has 1 fully saturated rings. The normalized spacial score (nSPS) is 20.4. The SMILES string of the molecule is CO/N=C(/C(=O)NC1C(=O)N2C(C(=O)O)=C(CSc3nnc(C)s3)CSC12)c1csc(N)c1. The van der Waals surface area contributed by atoms with E-state index < -0.39 is 29.2 Å². The highest BCUT2D eigenvalue weighted by molar-refractivity contribution is 8.01. The summed E-state index contributed by atoms with van der Waals surface area (Å²) in [6.07, 6.45) is 0. The van der Waals surface area contributed by atoms with Gasteiger partial charge in [-0.25, -0.2) is 4.79 Å². The van der Waals surface area contributed by atoms with E-state index in [0.29, 0.717) is 27.6 Å². The van der Waals surface area contributed by atoms with Gasteiger partial charge in [-0.15, -0.1) is 33.3 Å². The quantitative estimate of drug-likeness (QED) is 0.198. The highest BCUT2D eigenvalue weighted by atomic mass is 32.2. The maximum absolute atomic E-state index is 12.9. The second-order valence-electron chi connectivity index (χ2n) is 6.85. The zero-order valence-electron chi connectivity index (χ0n) is 17.3. The number of carboxylic acids is 1. The van der Waals surface area contributed by atoms with Crippen molar-refractivity contribution in [2.24, 2.45) is 5.16 Å². The van der Waals surface area contributed by atoms with Gasteiger partial charge in [-0.1, -0.05) is 28.3 Å². The standard InChI is InChI=1S/C18H18N6O5S4/c1-7-21-22-18(33-7)32-6-9-5-31-16-12(15(26)24(16)13(9)17(27)28)20-14(25)11(23-29-2)8-3-10(19)30-4-8/h3-4,12,16H,5-6,19H2,1-2H3,(H,20,25)(H,27,28)/b23-11+. The van der Waals surface area contributed by atoms with Gasteiger partial charge in [-0.3, -0.25) is 14.5 Å². The van der Waals surface area contributed by atoms with Gasteiger partial charge >= 0.3 is 5.97 Å². The Morgan fingerprint density at radius 3 is 2.85 bits per heavy atom. The number of carbonyl (C=O) groups excluding carboxylic acids is 2. The highest BCUT2D eigenvalue weighted by Gasteiger charge is 2.54. The van der Waals surface area contributed by atoms with Crippen molar-refractivity contribution in [3.05, 3.63) is 33.3 Å². The molecule has 2 aromatic heterocycles. The predicted molar refractivity (Wildman–Crippen MR) is 127 cm³/mol.